The van der Waals surface area contributed by atoms with Gasteiger partial charge in [-0.15, -0.1) is 0 Å². The number of hydrogen-bond acceptors (Lipinski definition) is 5. The average molecular weight is 444 g/mol. The number of esters is 1. The lowest BCUT2D eigenvalue weighted by Crippen LogP contribution is -2.48. The molecule has 184 valence electrons. The van der Waals surface area contributed by atoms with Crippen molar-refractivity contribution < 1.29 is 23.8 Å². The van der Waals surface area contributed by atoms with Crippen molar-refractivity contribution in [2.45, 2.75) is 130 Å². The molecular weight excluding hydrogens is 394 g/mol. The summed E-state index contributed by atoms with van der Waals surface area (Å²) in [6.07, 6.45) is 16.4. The van der Waals surface area contributed by atoms with Crippen LogP contribution in [0.5, 0.6) is 0 Å². The molecule has 1 amide bonds. The highest BCUT2D eigenvalue weighted by atomic mass is 16.7. The largest absolute Gasteiger partial charge is 0.463 e. The normalized spacial score (nSPS) is 12.2. The van der Waals surface area contributed by atoms with Gasteiger partial charge in [0.25, 0.3) is 0 Å². The Bertz CT molecular complexity index is 424. The fraction of sp³-hybridized carbons (Fsp3) is 0.920. The third-order valence-corrected chi connectivity index (χ3v) is 5.29. The van der Waals surface area contributed by atoms with Gasteiger partial charge in [-0.25, -0.2) is 0 Å². The summed E-state index contributed by atoms with van der Waals surface area (Å²) in [5.74, 6) is -0.438. The fourth-order valence-corrected chi connectivity index (χ4v) is 3.60. The van der Waals surface area contributed by atoms with Crippen LogP contribution in [0.3, 0.4) is 0 Å². The molecule has 0 bridgehead atoms. The predicted molar refractivity (Wildman–Crippen MR) is 126 cm³/mol. The zero-order valence-corrected chi connectivity index (χ0v) is 20.7. The summed E-state index contributed by atoms with van der Waals surface area (Å²) < 4.78 is 16.4. The van der Waals surface area contributed by atoms with Crippen molar-refractivity contribution in [2.75, 3.05) is 19.8 Å². The summed E-state index contributed by atoms with van der Waals surface area (Å²) in [4.78, 5) is 23.5. The van der Waals surface area contributed by atoms with Gasteiger partial charge in [-0.1, -0.05) is 84.0 Å². The van der Waals surface area contributed by atoms with Gasteiger partial charge in [0, 0.05) is 26.6 Å². The molecule has 1 N–H and O–H groups in total. The zero-order chi connectivity index (χ0) is 23.2. The standard InChI is InChI=1S/C25H49NO5/c1-5-8-9-10-11-12-13-14-15-16-17-18-19-20-24(28)31-21-23(26-22(4)27)25(29-6-2)30-7-3/h23,25H,5-21H2,1-4H3,(H,26,27). The molecule has 0 saturated heterocycles. The van der Waals surface area contributed by atoms with E-state index in [0.717, 1.165) is 12.8 Å². The second-order valence-electron chi connectivity index (χ2n) is 8.26. The number of ether oxygens (including phenoxy) is 3. The predicted octanol–water partition coefficient (Wildman–Crippen LogP) is 5.91. The molecule has 0 heterocycles. The monoisotopic (exact) mass is 443 g/mol. The number of rotatable bonds is 22. The van der Waals surface area contributed by atoms with Gasteiger partial charge in [0.15, 0.2) is 6.29 Å². The van der Waals surface area contributed by atoms with E-state index in [1.807, 2.05) is 13.8 Å². The lowest BCUT2D eigenvalue weighted by atomic mass is 10.0. The maximum Gasteiger partial charge on any atom is 0.305 e. The smallest absolute Gasteiger partial charge is 0.305 e. The second-order valence-corrected chi connectivity index (χ2v) is 8.26. The minimum Gasteiger partial charge on any atom is -0.463 e. The Labute approximate surface area is 191 Å². The van der Waals surface area contributed by atoms with Crippen molar-refractivity contribution in [1.29, 1.82) is 0 Å². The lowest BCUT2D eigenvalue weighted by molar-refractivity contribution is -0.171. The van der Waals surface area contributed by atoms with E-state index in [1.54, 1.807) is 0 Å². The Balaban J connectivity index is 3.79. The summed E-state index contributed by atoms with van der Waals surface area (Å²) in [5.41, 5.74) is 0. The fourth-order valence-electron chi connectivity index (χ4n) is 3.60. The molecule has 0 radical (unpaired) electrons. The molecule has 31 heavy (non-hydrogen) atoms. The van der Waals surface area contributed by atoms with Crippen molar-refractivity contribution in [3.8, 4) is 0 Å². The molecular formula is C25H49NO5. The van der Waals surface area contributed by atoms with Gasteiger partial charge in [0.05, 0.1) is 0 Å². The summed E-state index contributed by atoms with van der Waals surface area (Å²) >= 11 is 0. The molecule has 0 aliphatic rings. The number of hydrogen-bond donors (Lipinski definition) is 1. The first kappa shape index (κ1) is 29.9. The van der Waals surface area contributed by atoms with Crippen LogP contribution in [-0.2, 0) is 23.8 Å². The van der Waals surface area contributed by atoms with Crippen LogP contribution in [0.4, 0.5) is 0 Å². The lowest BCUT2D eigenvalue weighted by Gasteiger charge is -2.26. The molecule has 0 aliphatic heterocycles. The summed E-state index contributed by atoms with van der Waals surface area (Å²) in [6.45, 7) is 8.36. The highest BCUT2D eigenvalue weighted by molar-refractivity contribution is 5.73. The van der Waals surface area contributed by atoms with Crippen LogP contribution in [0.1, 0.15) is 118 Å². The van der Waals surface area contributed by atoms with Gasteiger partial charge in [0.1, 0.15) is 12.6 Å². The summed E-state index contributed by atoms with van der Waals surface area (Å²) in [6, 6.07) is -0.506. The molecule has 6 heteroatoms. The average Bonchev–Trinajstić information content (AvgIpc) is 2.74. The third-order valence-electron chi connectivity index (χ3n) is 5.29. The molecule has 0 aromatic carbocycles. The number of nitrogens with one attached hydrogen (secondary N) is 1. The number of carbonyl (C=O) groups excluding carboxylic acids is 2. The first-order chi connectivity index (χ1) is 15.0. The molecule has 1 unspecified atom stereocenters. The van der Waals surface area contributed by atoms with Crippen LogP contribution in [-0.4, -0.2) is 44.0 Å². The van der Waals surface area contributed by atoms with Gasteiger partial charge in [0.2, 0.25) is 5.91 Å². The van der Waals surface area contributed by atoms with E-state index < -0.39 is 12.3 Å². The molecule has 0 aromatic heterocycles. The van der Waals surface area contributed by atoms with Crippen LogP contribution < -0.4 is 5.32 Å². The van der Waals surface area contributed by atoms with Crippen LogP contribution >= 0.6 is 0 Å². The van der Waals surface area contributed by atoms with Crippen LogP contribution in [0, 0.1) is 0 Å². The molecule has 0 spiro atoms. The van der Waals surface area contributed by atoms with Gasteiger partial charge in [-0.2, -0.15) is 0 Å². The quantitative estimate of drug-likeness (QED) is 0.128. The van der Waals surface area contributed by atoms with Crippen molar-refractivity contribution in [3.63, 3.8) is 0 Å². The molecule has 1 atom stereocenters. The SMILES string of the molecule is CCCCCCCCCCCCCCCC(=O)OCC(NC(C)=O)C(OCC)OCC. The maximum atomic E-state index is 12.1. The Morgan fingerprint density at radius 1 is 0.710 bits per heavy atom. The van der Waals surface area contributed by atoms with Crippen molar-refractivity contribution in [3.05, 3.63) is 0 Å². The maximum absolute atomic E-state index is 12.1. The highest BCUT2D eigenvalue weighted by Gasteiger charge is 2.25. The van der Waals surface area contributed by atoms with Crippen molar-refractivity contribution >= 4 is 11.9 Å². The number of carbonyl (C=O) groups is 2. The summed E-state index contributed by atoms with van der Waals surface area (Å²) in [5, 5.41) is 2.76. The van der Waals surface area contributed by atoms with Crippen molar-refractivity contribution in [2.24, 2.45) is 0 Å². The Morgan fingerprint density at radius 2 is 1.16 bits per heavy atom. The number of unbranched alkanes of at least 4 members (excludes halogenated alkanes) is 12. The van der Waals surface area contributed by atoms with Crippen molar-refractivity contribution in [1.82, 2.24) is 5.32 Å². The highest BCUT2D eigenvalue weighted by Crippen LogP contribution is 2.13. The van der Waals surface area contributed by atoms with Gasteiger partial charge in [-0.05, 0) is 20.3 Å². The Kier molecular flexibility index (Phi) is 21.3. The molecule has 0 rings (SSSR count). The third kappa shape index (κ3) is 19.3. The Morgan fingerprint density at radius 3 is 1.58 bits per heavy atom. The van der Waals surface area contributed by atoms with E-state index in [0.29, 0.717) is 19.6 Å². The van der Waals surface area contributed by atoms with Crippen LogP contribution in [0.25, 0.3) is 0 Å². The Hall–Kier alpha value is -1.14. The summed E-state index contributed by atoms with van der Waals surface area (Å²) in [7, 11) is 0. The first-order valence-electron chi connectivity index (χ1n) is 12.7. The van der Waals surface area contributed by atoms with Crippen LogP contribution in [0.2, 0.25) is 0 Å². The minimum atomic E-state index is -0.622. The van der Waals surface area contributed by atoms with E-state index in [4.69, 9.17) is 14.2 Å². The topological polar surface area (TPSA) is 73.9 Å². The van der Waals surface area contributed by atoms with E-state index in [1.165, 1.54) is 77.6 Å². The minimum absolute atomic E-state index is 0.0571. The van der Waals surface area contributed by atoms with E-state index in [2.05, 4.69) is 12.2 Å². The van der Waals surface area contributed by atoms with E-state index in [9.17, 15) is 9.59 Å². The zero-order valence-electron chi connectivity index (χ0n) is 20.7. The van der Waals surface area contributed by atoms with E-state index >= 15 is 0 Å². The van der Waals surface area contributed by atoms with Gasteiger partial charge >= 0.3 is 5.97 Å². The van der Waals surface area contributed by atoms with Gasteiger partial charge in [-0.3, -0.25) is 9.59 Å². The molecule has 0 fully saturated rings. The second kappa shape index (κ2) is 22.1. The first-order valence-corrected chi connectivity index (χ1v) is 12.7. The molecule has 6 nitrogen and oxygen atoms in total. The van der Waals surface area contributed by atoms with E-state index in [-0.39, 0.29) is 18.5 Å². The van der Waals surface area contributed by atoms with Gasteiger partial charge < -0.3 is 19.5 Å². The van der Waals surface area contributed by atoms with Crippen LogP contribution in [0.15, 0.2) is 0 Å². The molecule has 0 saturated carbocycles. The molecule has 0 aromatic rings. The number of amides is 1. The molecule has 0 aliphatic carbocycles.